The average Bonchev–Trinajstić information content (AvgIpc) is 2.72. The standard InChI is InChI=1S/C22H24O4/c1-3-19-22(25-16-18-12-8-5-9-13-18)20(14-21(23-2)26-19)24-15-17-10-6-4-7-11-17/h1,4-13,19-22H,14-16H2,2H3/t19-,20-,21?,22-/m1/s1. The van der Waals surface area contributed by atoms with Crippen molar-refractivity contribution in [1.29, 1.82) is 0 Å². The monoisotopic (exact) mass is 352 g/mol. The SMILES string of the molecule is C#C[C@H]1OC(OC)C[C@@H](OCc2ccccc2)[C@@H]1OCc1ccccc1. The Labute approximate surface area is 155 Å². The van der Waals surface area contributed by atoms with E-state index in [0.717, 1.165) is 11.1 Å². The zero-order valence-electron chi connectivity index (χ0n) is 14.9. The van der Waals surface area contributed by atoms with Crippen molar-refractivity contribution < 1.29 is 18.9 Å². The second-order valence-electron chi connectivity index (χ2n) is 6.22. The molecule has 136 valence electrons. The fourth-order valence-electron chi connectivity index (χ4n) is 3.00. The van der Waals surface area contributed by atoms with Crippen molar-refractivity contribution in [3.8, 4) is 12.3 Å². The van der Waals surface area contributed by atoms with Gasteiger partial charge in [-0.1, -0.05) is 66.6 Å². The number of methoxy groups -OCH3 is 1. The molecule has 4 nitrogen and oxygen atoms in total. The van der Waals surface area contributed by atoms with Gasteiger partial charge in [-0.15, -0.1) is 6.42 Å². The van der Waals surface area contributed by atoms with Crippen LogP contribution in [0.15, 0.2) is 60.7 Å². The van der Waals surface area contributed by atoms with Gasteiger partial charge in [0.25, 0.3) is 0 Å². The third-order valence-corrected chi connectivity index (χ3v) is 4.41. The van der Waals surface area contributed by atoms with Crippen molar-refractivity contribution in [2.45, 2.75) is 44.2 Å². The highest BCUT2D eigenvalue weighted by molar-refractivity contribution is 5.15. The predicted octanol–water partition coefficient (Wildman–Crippen LogP) is 3.55. The summed E-state index contributed by atoms with van der Waals surface area (Å²) in [6.07, 6.45) is 4.78. The third-order valence-electron chi connectivity index (χ3n) is 4.41. The fourth-order valence-corrected chi connectivity index (χ4v) is 3.00. The zero-order valence-corrected chi connectivity index (χ0v) is 14.9. The van der Waals surface area contributed by atoms with Gasteiger partial charge >= 0.3 is 0 Å². The van der Waals surface area contributed by atoms with Crippen LogP contribution < -0.4 is 0 Å². The Balaban J connectivity index is 1.68. The van der Waals surface area contributed by atoms with Gasteiger partial charge in [0.1, 0.15) is 12.2 Å². The van der Waals surface area contributed by atoms with Crippen molar-refractivity contribution in [1.82, 2.24) is 0 Å². The third kappa shape index (κ3) is 4.94. The number of rotatable bonds is 7. The van der Waals surface area contributed by atoms with Gasteiger partial charge in [0.05, 0.1) is 19.3 Å². The molecule has 26 heavy (non-hydrogen) atoms. The molecule has 2 aromatic carbocycles. The Hall–Kier alpha value is -2.16. The Bertz CT molecular complexity index is 695. The van der Waals surface area contributed by atoms with E-state index in [9.17, 15) is 0 Å². The van der Waals surface area contributed by atoms with Crippen LogP contribution in [0.2, 0.25) is 0 Å². The Kier molecular flexibility index (Phi) is 6.82. The Morgan fingerprint density at radius 3 is 2.08 bits per heavy atom. The number of hydrogen-bond acceptors (Lipinski definition) is 4. The summed E-state index contributed by atoms with van der Waals surface area (Å²) in [5, 5.41) is 0. The molecule has 1 aliphatic rings. The summed E-state index contributed by atoms with van der Waals surface area (Å²) in [6, 6.07) is 20.0. The lowest BCUT2D eigenvalue weighted by molar-refractivity contribution is -0.249. The first kappa shape index (κ1) is 18.6. The van der Waals surface area contributed by atoms with E-state index in [0.29, 0.717) is 19.6 Å². The number of terminal acetylenes is 1. The molecule has 2 aromatic rings. The minimum absolute atomic E-state index is 0.210. The summed E-state index contributed by atoms with van der Waals surface area (Å²) >= 11 is 0. The molecule has 4 heteroatoms. The first-order chi connectivity index (χ1) is 12.8. The summed E-state index contributed by atoms with van der Waals surface area (Å²) in [5.41, 5.74) is 2.19. The van der Waals surface area contributed by atoms with E-state index in [-0.39, 0.29) is 12.2 Å². The maximum Gasteiger partial charge on any atom is 0.161 e. The van der Waals surface area contributed by atoms with E-state index in [1.54, 1.807) is 7.11 Å². The Morgan fingerprint density at radius 2 is 1.54 bits per heavy atom. The number of hydrogen-bond donors (Lipinski definition) is 0. The molecule has 0 N–H and O–H groups in total. The van der Waals surface area contributed by atoms with Crippen LogP contribution in [0.25, 0.3) is 0 Å². The van der Waals surface area contributed by atoms with Gasteiger partial charge < -0.3 is 18.9 Å². The first-order valence-corrected chi connectivity index (χ1v) is 8.75. The van der Waals surface area contributed by atoms with Gasteiger partial charge in [0, 0.05) is 13.5 Å². The minimum Gasteiger partial charge on any atom is -0.370 e. The molecular formula is C22H24O4. The van der Waals surface area contributed by atoms with Crippen molar-refractivity contribution in [2.75, 3.05) is 7.11 Å². The Morgan fingerprint density at radius 1 is 0.962 bits per heavy atom. The van der Waals surface area contributed by atoms with Crippen molar-refractivity contribution >= 4 is 0 Å². The molecule has 4 atom stereocenters. The van der Waals surface area contributed by atoms with E-state index in [1.807, 2.05) is 60.7 Å². The highest BCUT2D eigenvalue weighted by Crippen LogP contribution is 2.27. The van der Waals surface area contributed by atoms with E-state index in [1.165, 1.54) is 0 Å². The maximum atomic E-state index is 6.15. The molecule has 0 spiro atoms. The second kappa shape index (κ2) is 9.51. The van der Waals surface area contributed by atoms with Crippen LogP contribution in [0, 0.1) is 12.3 Å². The van der Waals surface area contributed by atoms with Gasteiger partial charge in [0.2, 0.25) is 0 Å². The number of benzene rings is 2. The lowest BCUT2D eigenvalue weighted by atomic mass is 10.0. The molecule has 1 heterocycles. The molecule has 0 aromatic heterocycles. The highest BCUT2D eigenvalue weighted by Gasteiger charge is 2.39. The summed E-state index contributed by atoms with van der Waals surface area (Å²) in [4.78, 5) is 0. The van der Waals surface area contributed by atoms with Crippen molar-refractivity contribution in [2.24, 2.45) is 0 Å². The van der Waals surface area contributed by atoms with Crippen LogP contribution in [0.1, 0.15) is 17.5 Å². The molecular weight excluding hydrogens is 328 g/mol. The average molecular weight is 352 g/mol. The molecule has 1 aliphatic heterocycles. The lowest BCUT2D eigenvalue weighted by Gasteiger charge is -2.39. The molecule has 0 radical (unpaired) electrons. The second-order valence-corrected chi connectivity index (χ2v) is 6.22. The predicted molar refractivity (Wildman–Crippen MR) is 99.2 cm³/mol. The molecule has 0 bridgehead atoms. The van der Waals surface area contributed by atoms with E-state index < -0.39 is 12.4 Å². The molecule has 1 fully saturated rings. The first-order valence-electron chi connectivity index (χ1n) is 8.75. The fraction of sp³-hybridized carbons (Fsp3) is 0.364. The topological polar surface area (TPSA) is 36.9 Å². The number of ether oxygens (including phenoxy) is 4. The van der Waals surface area contributed by atoms with E-state index in [4.69, 9.17) is 25.4 Å². The normalized spacial score (nSPS) is 25.5. The molecule has 1 saturated heterocycles. The van der Waals surface area contributed by atoms with Gasteiger partial charge in [-0.05, 0) is 11.1 Å². The van der Waals surface area contributed by atoms with Crippen LogP contribution in [0.3, 0.4) is 0 Å². The largest absolute Gasteiger partial charge is 0.370 e. The van der Waals surface area contributed by atoms with Gasteiger partial charge in [-0.2, -0.15) is 0 Å². The minimum atomic E-state index is -0.516. The quantitative estimate of drug-likeness (QED) is 0.714. The van der Waals surface area contributed by atoms with E-state index in [2.05, 4.69) is 5.92 Å². The van der Waals surface area contributed by atoms with Gasteiger partial charge in [-0.25, -0.2) is 0 Å². The molecule has 3 rings (SSSR count). The summed E-state index contributed by atoms with van der Waals surface area (Å²) in [6.45, 7) is 0.945. The highest BCUT2D eigenvalue weighted by atomic mass is 16.7. The van der Waals surface area contributed by atoms with Crippen molar-refractivity contribution in [3.05, 3.63) is 71.8 Å². The van der Waals surface area contributed by atoms with Crippen molar-refractivity contribution in [3.63, 3.8) is 0 Å². The summed E-state index contributed by atoms with van der Waals surface area (Å²) in [7, 11) is 1.61. The molecule has 0 amide bonds. The van der Waals surface area contributed by atoms with E-state index >= 15 is 0 Å². The van der Waals surface area contributed by atoms with Crippen LogP contribution in [-0.4, -0.2) is 31.7 Å². The zero-order chi connectivity index (χ0) is 18.2. The lowest BCUT2D eigenvalue weighted by Crippen LogP contribution is -2.50. The van der Waals surface area contributed by atoms with Gasteiger partial charge in [0.15, 0.2) is 6.29 Å². The van der Waals surface area contributed by atoms with Crippen LogP contribution >= 0.6 is 0 Å². The van der Waals surface area contributed by atoms with Gasteiger partial charge in [-0.3, -0.25) is 0 Å². The summed E-state index contributed by atoms with van der Waals surface area (Å²) < 4.78 is 23.4. The summed E-state index contributed by atoms with van der Waals surface area (Å²) in [5.74, 6) is 2.68. The smallest absolute Gasteiger partial charge is 0.161 e. The van der Waals surface area contributed by atoms with Crippen LogP contribution in [0.5, 0.6) is 0 Å². The molecule has 0 saturated carbocycles. The molecule has 0 aliphatic carbocycles. The van der Waals surface area contributed by atoms with Crippen LogP contribution in [0.4, 0.5) is 0 Å². The molecule has 1 unspecified atom stereocenters. The van der Waals surface area contributed by atoms with Crippen LogP contribution in [-0.2, 0) is 32.2 Å². The maximum absolute atomic E-state index is 6.15.